The molecule has 4 N–H and O–H groups in total. The number of anilines is 1. The van der Waals surface area contributed by atoms with Crippen molar-refractivity contribution in [3.05, 3.63) is 41.3 Å². The number of hydrogen-bond donors (Lipinski definition) is 3. The lowest BCUT2D eigenvalue weighted by molar-refractivity contribution is 0.0268. The van der Waals surface area contributed by atoms with Crippen molar-refractivity contribution in [3.8, 4) is 11.8 Å². The fourth-order valence-corrected chi connectivity index (χ4v) is 2.61. The highest BCUT2D eigenvalue weighted by atomic mass is 19.1. The molecule has 0 atom stereocenters. The Morgan fingerprint density at radius 2 is 2.03 bits per heavy atom. The van der Waals surface area contributed by atoms with Crippen LogP contribution in [0.25, 0.3) is 5.69 Å². The second kappa shape index (κ2) is 9.89. The van der Waals surface area contributed by atoms with Crippen molar-refractivity contribution >= 4 is 11.8 Å². The highest BCUT2D eigenvalue weighted by molar-refractivity contribution is 5.79. The number of benzene rings is 1. The third-order valence-corrected chi connectivity index (χ3v) is 4.52. The molecule has 1 aromatic heterocycles. The summed E-state index contributed by atoms with van der Waals surface area (Å²) < 4.78 is 20.0. The number of halogens is 1. The molecule has 0 radical (unpaired) electrons. The fraction of sp³-hybridized carbons (Fsp3) is 0.450. The maximum Gasteiger partial charge on any atom is 0.191 e. The first kappa shape index (κ1) is 22.2. The van der Waals surface area contributed by atoms with E-state index in [1.165, 1.54) is 16.8 Å². The third-order valence-electron chi connectivity index (χ3n) is 4.52. The number of guanidine groups is 1. The van der Waals surface area contributed by atoms with Gasteiger partial charge in [-0.2, -0.15) is 10.4 Å². The fourth-order valence-electron chi connectivity index (χ4n) is 2.61. The van der Waals surface area contributed by atoms with E-state index in [4.69, 9.17) is 10.5 Å². The van der Waals surface area contributed by atoms with Crippen molar-refractivity contribution in [2.24, 2.45) is 4.99 Å². The summed E-state index contributed by atoms with van der Waals surface area (Å²) in [6, 6.07) is 7.92. The number of aryl methyl sites for hydroxylation is 1. The predicted octanol–water partition coefficient (Wildman–Crippen LogP) is 1.99. The Labute approximate surface area is 170 Å². The van der Waals surface area contributed by atoms with E-state index in [0.717, 1.165) is 6.42 Å². The molecule has 0 bridgehead atoms. The number of ether oxygens (including phenoxy) is 1. The largest absolute Gasteiger partial charge is 0.382 e. The van der Waals surface area contributed by atoms with Crippen LogP contribution >= 0.6 is 0 Å². The molecule has 2 rings (SSSR count). The Kier molecular flexibility index (Phi) is 7.56. The third kappa shape index (κ3) is 5.93. The van der Waals surface area contributed by atoms with E-state index in [2.05, 4.69) is 26.8 Å². The second-order valence-electron chi connectivity index (χ2n) is 7.13. The van der Waals surface area contributed by atoms with E-state index >= 15 is 0 Å². The Morgan fingerprint density at radius 3 is 2.62 bits per heavy atom. The highest BCUT2D eigenvalue weighted by Crippen LogP contribution is 2.21. The van der Waals surface area contributed by atoms with Crippen LogP contribution in [0.2, 0.25) is 0 Å². The standard InChI is InChI=1S/C20H28FN7O/c1-20(2,29-4)13-26-19(24-3)25-11-5-6-17-16(12-22)18(23)28(27-17)15-9-7-14(21)8-10-15/h7-10H,5-6,11,13,23H2,1-4H3,(H2,24,25,26). The van der Waals surface area contributed by atoms with E-state index in [9.17, 15) is 9.65 Å². The van der Waals surface area contributed by atoms with Gasteiger partial charge in [-0.25, -0.2) is 9.07 Å². The molecule has 0 fully saturated rings. The number of nitrogens with two attached hydrogens (primary N) is 1. The normalized spacial score (nSPS) is 11.9. The molecule has 8 nitrogen and oxygen atoms in total. The van der Waals surface area contributed by atoms with E-state index in [1.54, 1.807) is 26.3 Å². The Balaban J connectivity index is 1.96. The molecule has 0 aliphatic rings. The Bertz CT molecular complexity index is 881. The molecule has 0 saturated carbocycles. The van der Waals surface area contributed by atoms with Crippen LogP contribution in [0.1, 0.15) is 31.5 Å². The maximum atomic E-state index is 13.2. The van der Waals surface area contributed by atoms with Crippen molar-refractivity contribution in [2.45, 2.75) is 32.3 Å². The summed E-state index contributed by atoms with van der Waals surface area (Å²) in [6.45, 7) is 5.22. The van der Waals surface area contributed by atoms with Gasteiger partial charge in [0.2, 0.25) is 0 Å². The molecule has 2 aromatic rings. The van der Waals surface area contributed by atoms with Crippen molar-refractivity contribution in [1.29, 1.82) is 5.26 Å². The monoisotopic (exact) mass is 401 g/mol. The lowest BCUT2D eigenvalue weighted by Crippen LogP contribution is -2.45. The zero-order valence-electron chi connectivity index (χ0n) is 17.3. The van der Waals surface area contributed by atoms with Gasteiger partial charge in [-0.1, -0.05) is 0 Å². The molecular weight excluding hydrogens is 373 g/mol. The van der Waals surface area contributed by atoms with Gasteiger partial charge in [0.25, 0.3) is 0 Å². The minimum atomic E-state index is -0.345. The van der Waals surface area contributed by atoms with Gasteiger partial charge >= 0.3 is 0 Å². The SMILES string of the molecule is CN=C(NCCCc1nn(-c2ccc(F)cc2)c(N)c1C#N)NCC(C)(C)OC. The number of rotatable bonds is 8. The van der Waals surface area contributed by atoms with Gasteiger partial charge < -0.3 is 21.1 Å². The van der Waals surface area contributed by atoms with Crippen LogP contribution in [0.15, 0.2) is 29.3 Å². The topological polar surface area (TPSA) is 113 Å². The van der Waals surface area contributed by atoms with Crippen molar-refractivity contribution in [3.63, 3.8) is 0 Å². The molecule has 0 unspecified atom stereocenters. The number of aromatic nitrogens is 2. The van der Waals surface area contributed by atoms with Crippen LogP contribution in [-0.4, -0.2) is 48.6 Å². The molecule has 0 saturated heterocycles. The summed E-state index contributed by atoms with van der Waals surface area (Å²) >= 11 is 0. The quantitative estimate of drug-likeness (QED) is 0.354. The lowest BCUT2D eigenvalue weighted by atomic mass is 10.1. The molecule has 1 aromatic carbocycles. The second-order valence-corrected chi connectivity index (χ2v) is 7.13. The number of nitrogen functional groups attached to an aromatic ring is 1. The lowest BCUT2D eigenvalue weighted by Gasteiger charge is -2.24. The van der Waals surface area contributed by atoms with Gasteiger partial charge in [-0.15, -0.1) is 0 Å². The van der Waals surface area contributed by atoms with Gasteiger partial charge in [-0.3, -0.25) is 4.99 Å². The summed E-state index contributed by atoms with van der Waals surface area (Å²) in [5.41, 5.74) is 7.34. The maximum absolute atomic E-state index is 13.2. The summed E-state index contributed by atoms with van der Waals surface area (Å²) in [5.74, 6) is 0.579. The molecule has 156 valence electrons. The van der Waals surface area contributed by atoms with E-state index in [-0.39, 0.29) is 17.2 Å². The van der Waals surface area contributed by atoms with Gasteiger partial charge in [-0.05, 0) is 51.0 Å². The highest BCUT2D eigenvalue weighted by Gasteiger charge is 2.17. The van der Waals surface area contributed by atoms with Crippen LogP contribution in [0.3, 0.4) is 0 Å². The number of nitrogens with one attached hydrogen (secondary N) is 2. The molecule has 9 heteroatoms. The predicted molar refractivity (Wildman–Crippen MR) is 111 cm³/mol. The molecule has 1 heterocycles. The van der Waals surface area contributed by atoms with E-state index < -0.39 is 0 Å². The van der Waals surface area contributed by atoms with E-state index in [0.29, 0.717) is 42.4 Å². The number of nitrogens with zero attached hydrogens (tertiary/aromatic N) is 4. The number of aliphatic imine (C=N–C) groups is 1. The molecular formula is C20H28FN7O. The zero-order valence-corrected chi connectivity index (χ0v) is 17.3. The van der Waals surface area contributed by atoms with Crippen molar-refractivity contribution < 1.29 is 9.13 Å². The van der Waals surface area contributed by atoms with E-state index in [1.807, 2.05) is 13.8 Å². The molecule has 0 aliphatic carbocycles. The smallest absolute Gasteiger partial charge is 0.191 e. The Hall–Kier alpha value is -3.12. The summed E-state index contributed by atoms with van der Waals surface area (Å²) in [7, 11) is 3.37. The first-order valence-corrected chi connectivity index (χ1v) is 9.34. The van der Waals surface area contributed by atoms with Crippen LogP contribution in [0, 0.1) is 17.1 Å². The average molecular weight is 401 g/mol. The molecule has 29 heavy (non-hydrogen) atoms. The van der Waals surface area contributed by atoms with Crippen molar-refractivity contribution in [1.82, 2.24) is 20.4 Å². The van der Waals surface area contributed by atoms with Crippen molar-refractivity contribution in [2.75, 3.05) is 33.0 Å². The van der Waals surface area contributed by atoms with Gasteiger partial charge in [0.05, 0.1) is 17.0 Å². The summed E-state index contributed by atoms with van der Waals surface area (Å²) in [6.07, 6.45) is 1.29. The summed E-state index contributed by atoms with van der Waals surface area (Å²) in [5, 5.41) is 20.3. The first-order valence-electron chi connectivity index (χ1n) is 9.34. The molecule has 0 amide bonds. The first-order chi connectivity index (χ1) is 13.8. The number of hydrogen-bond acceptors (Lipinski definition) is 5. The zero-order chi connectivity index (χ0) is 21.4. The molecule has 0 spiro atoms. The van der Waals surface area contributed by atoms with Crippen LogP contribution in [0.4, 0.5) is 10.2 Å². The number of methoxy groups -OCH3 is 1. The van der Waals surface area contributed by atoms with Crippen LogP contribution in [-0.2, 0) is 11.2 Å². The Morgan fingerprint density at radius 1 is 1.34 bits per heavy atom. The average Bonchev–Trinajstić information content (AvgIpc) is 3.03. The molecule has 0 aliphatic heterocycles. The summed E-state index contributed by atoms with van der Waals surface area (Å²) in [4.78, 5) is 4.18. The van der Waals surface area contributed by atoms with Crippen LogP contribution < -0.4 is 16.4 Å². The minimum absolute atomic E-state index is 0.251. The van der Waals surface area contributed by atoms with Gasteiger partial charge in [0, 0.05) is 27.2 Å². The number of nitriles is 1. The van der Waals surface area contributed by atoms with Gasteiger partial charge in [0.1, 0.15) is 23.3 Å². The minimum Gasteiger partial charge on any atom is -0.382 e. The van der Waals surface area contributed by atoms with Gasteiger partial charge in [0.15, 0.2) is 5.96 Å². The van der Waals surface area contributed by atoms with Crippen LogP contribution in [0.5, 0.6) is 0 Å².